The predicted octanol–water partition coefficient (Wildman–Crippen LogP) is 5.01. The molecular formula is C23H19N3O2S2. The van der Waals surface area contributed by atoms with E-state index in [-0.39, 0.29) is 0 Å². The lowest BCUT2D eigenvalue weighted by atomic mass is 10.2. The van der Waals surface area contributed by atoms with E-state index in [0.717, 1.165) is 38.1 Å². The second-order valence-electron chi connectivity index (χ2n) is 7.03. The van der Waals surface area contributed by atoms with Crippen LogP contribution in [0.4, 0.5) is 0 Å². The van der Waals surface area contributed by atoms with Gasteiger partial charge in [0.05, 0.1) is 27.6 Å². The van der Waals surface area contributed by atoms with E-state index in [1.165, 1.54) is 11.3 Å². The Hall–Kier alpha value is -2.87. The molecule has 0 saturated carbocycles. The molecule has 0 N–H and O–H groups in total. The Morgan fingerprint density at radius 2 is 1.87 bits per heavy atom. The quantitative estimate of drug-likeness (QED) is 0.353. The van der Waals surface area contributed by atoms with Crippen molar-refractivity contribution < 1.29 is 9.29 Å². The number of fused-ring (bicyclic) bond motifs is 2. The van der Waals surface area contributed by atoms with E-state index in [0.29, 0.717) is 17.5 Å². The van der Waals surface area contributed by atoms with Gasteiger partial charge in [0.1, 0.15) is 18.6 Å². The fourth-order valence-corrected chi connectivity index (χ4v) is 5.09. The van der Waals surface area contributed by atoms with Crippen molar-refractivity contribution in [1.82, 2.24) is 14.5 Å². The number of imidazole rings is 1. The molecule has 0 amide bonds. The molecule has 0 fully saturated rings. The van der Waals surface area contributed by atoms with E-state index in [4.69, 9.17) is 4.74 Å². The van der Waals surface area contributed by atoms with Gasteiger partial charge >= 0.3 is 4.34 Å². The van der Waals surface area contributed by atoms with Crippen LogP contribution >= 0.6 is 11.3 Å². The third kappa shape index (κ3) is 3.92. The zero-order valence-corrected chi connectivity index (χ0v) is 18.0. The van der Waals surface area contributed by atoms with Crippen molar-refractivity contribution in [2.24, 2.45) is 0 Å². The molecule has 1 unspecified atom stereocenters. The SMILES string of the molecule is C[S+]([O-])c1nc2ccc(Cn3cnc4cc(OCc5ccccc5)ccc43)cc2s1. The van der Waals surface area contributed by atoms with Gasteiger partial charge in [-0.2, -0.15) is 4.98 Å². The van der Waals surface area contributed by atoms with Gasteiger partial charge < -0.3 is 13.9 Å². The summed E-state index contributed by atoms with van der Waals surface area (Å²) in [5, 5.41) is 0. The molecule has 2 heterocycles. The van der Waals surface area contributed by atoms with Crippen LogP contribution in [0.5, 0.6) is 5.75 Å². The maximum atomic E-state index is 11.7. The number of thiazole rings is 1. The van der Waals surface area contributed by atoms with Gasteiger partial charge in [-0.3, -0.25) is 0 Å². The average Bonchev–Trinajstić information content (AvgIpc) is 3.37. The molecule has 7 heteroatoms. The van der Waals surface area contributed by atoms with Gasteiger partial charge in [0, 0.05) is 23.8 Å². The number of hydrogen-bond donors (Lipinski definition) is 0. The summed E-state index contributed by atoms with van der Waals surface area (Å²) in [6, 6.07) is 22.3. The van der Waals surface area contributed by atoms with Crippen molar-refractivity contribution in [2.45, 2.75) is 17.5 Å². The molecule has 0 aliphatic rings. The van der Waals surface area contributed by atoms with Crippen LogP contribution in [0, 0.1) is 0 Å². The average molecular weight is 434 g/mol. The molecule has 0 saturated heterocycles. The smallest absolute Gasteiger partial charge is 0.302 e. The molecule has 5 nitrogen and oxygen atoms in total. The van der Waals surface area contributed by atoms with Crippen molar-refractivity contribution in [3.8, 4) is 5.75 Å². The van der Waals surface area contributed by atoms with Crippen molar-refractivity contribution >= 4 is 43.8 Å². The van der Waals surface area contributed by atoms with Crippen molar-refractivity contribution in [1.29, 1.82) is 0 Å². The normalized spacial score (nSPS) is 12.5. The first-order valence-electron chi connectivity index (χ1n) is 9.50. The van der Waals surface area contributed by atoms with Crippen LogP contribution in [0.1, 0.15) is 11.1 Å². The highest BCUT2D eigenvalue weighted by Gasteiger charge is 2.13. The van der Waals surface area contributed by atoms with Gasteiger partial charge in [0.2, 0.25) is 0 Å². The van der Waals surface area contributed by atoms with Gasteiger partial charge in [-0.05, 0) is 35.4 Å². The molecule has 0 radical (unpaired) electrons. The molecule has 150 valence electrons. The maximum Gasteiger partial charge on any atom is 0.302 e. The summed E-state index contributed by atoms with van der Waals surface area (Å²) in [5.74, 6) is 0.808. The van der Waals surface area contributed by atoms with Crippen molar-refractivity contribution in [3.05, 3.63) is 84.2 Å². The number of aromatic nitrogens is 3. The van der Waals surface area contributed by atoms with Crippen LogP contribution < -0.4 is 4.74 Å². The summed E-state index contributed by atoms with van der Waals surface area (Å²) in [6.07, 6.45) is 3.52. The van der Waals surface area contributed by atoms with Crippen LogP contribution in [0.2, 0.25) is 0 Å². The molecule has 30 heavy (non-hydrogen) atoms. The van der Waals surface area contributed by atoms with Crippen molar-refractivity contribution in [2.75, 3.05) is 6.26 Å². The highest BCUT2D eigenvalue weighted by molar-refractivity contribution is 7.92. The predicted molar refractivity (Wildman–Crippen MR) is 122 cm³/mol. The van der Waals surface area contributed by atoms with Crippen LogP contribution in [-0.2, 0) is 24.3 Å². The molecule has 3 aromatic carbocycles. The largest absolute Gasteiger partial charge is 0.610 e. The number of benzene rings is 3. The summed E-state index contributed by atoms with van der Waals surface area (Å²) in [7, 11) is 0. The van der Waals surface area contributed by atoms with E-state index in [2.05, 4.69) is 26.7 Å². The number of ether oxygens (including phenoxy) is 1. The molecule has 5 aromatic rings. The maximum absolute atomic E-state index is 11.7. The van der Waals surface area contributed by atoms with Crippen molar-refractivity contribution in [3.63, 3.8) is 0 Å². The van der Waals surface area contributed by atoms with Gasteiger partial charge in [-0.1, -0.05) is 47.7 Å². The number of nitrogens with zero attached hydrogens (tertiary/aromatic N) is 3. The molecule has 5 rings (SSSR count). The van der Waals surface area contributed by atoms with Gasteiger partial charge in [0.15, 0.2) is 0 Å². The topological polar surface area (TPSA) is 63.0 Å². The lowest BCUT2D eigenvalue weighted by Crippen LogP contribution is -1.98. The second-order valence-corrected chi connectivity index (χ2v) is 9.62. The molecule has 0 spiro atoms. The lowest BCUT2D eigenvalue weighted by Gasteiger charge is -2.07. The van der Waals surface area contributed by atoms with Crippen LogP contribution in [0.15, 0.2) is 77.4 Å². The highest BCUT2D eigenvalue weighted by atomic mass is 32.2. The first-order chi connectivity index (χ1) is 14.7. The Kier molecular flexibility index (Phi) is 5.16. The minimum absolute atomic E-state index is 0.534. The van der Waals surface area contributed by atoms with E-state index in [1.807, 2.05) is 60.9 Å². The summed E-state index contributed by atoms with van der Waals surface area (Å²) >= 11 is 0.434. The summed E-state index contributed by atoms with van der Waals surface area (Å²) in [5.41, 5.74) is 5.15. The number of hydrogen-bond acceptors (Lipinski definition) is 5. The van der Waals surface area contributed by atoms with E-state index in [9.17, 15) is 4.55 Å². The summed E-state index contributed by atoms with van der Waals surface area (Å²) in [6.45, 7) is 1.24. The first kappa shape index (κ1) is 19.1. The third-order valence-electron chi connectivity index (χ3n) is 4.87. The minimum Gasteiger partial charge on any atom is -0.610 e. The highest BCUT2D eigenvalue weighted by Crippen LogP contribution is 2.27. The summed E-state index contributed by atoms with van der Waals surface area (Å²) in [4.78, 5) is 8.99. The second kappa shape index (κ2) is 8.10. The van der Waals surface area contributed by atoms with Crippen LogP contribution in [-0.4, -0.2) is 25.3 Å². The molecular weight excluding hydrogens is 414 g/mol. The Morgan fingerprint density at radius 3 is 2.70 bits per heavy atom. The zero-order chi connectivity index (χ0) is 20.5. The molecule has 0 aliphatic carbocycles. The lowest BCUT2D eigenvalue weighted by molar-refractivity contribution is 0.306. The Morgan fingerprint density at radius 1 is 1.00 bits per heavy atom. The van der Waals surface area contributed by atoms with E-state index < -0.39 is 11.2 Å². The van der Waals surface area contributed by atoms with Gasteiger partial charge in [0.25, 0.3) is 0 Å². The molecule has 1 atom stereocenters. The van der Waals surface area contributed by atoms with Gasteiger partial charge in [-0.15, -0.1) is 0 Å². The van der Waals surface area contributed by atoms with Crippen LogP contribution in [0.25, 0.3) is 21.3 Å². The molecule has 0 aliphatic heterocycles. The fourth-order valence-electron chi connectivity index (χ4n) is 3.37. The Balaban J connectivity index is 1.35. The Bertz CT molecular complexity index is 1310. The van der Waals surface area contributed by atoms with E-state index >= 15 is 0 Å². The minimum atomic E-state index is -1.05. The Labute approximate surface area is 181 Å². The monoisotopic (exact) mass is 433 g/mol. The first-order valence-corrected chi connectivity index (χ1v) is 11.9. The zero-order valence-electron chi connectivity index (χ0n) is 16.3. The number of rotatable bonds is 6. The van der Waals surface area contributed by atoms with Crippen LogP contribution in [0.3, 0.4) is 0 Å². The molecule has 0 bridgehead atoms. The third-order valence-corrected chi connectivity index (χ3v) is 7.22. The fraction of sp³-hybridized carbons (Fsp3) is 0.130. The molecule has 2 aromatic heterocycles. The summed E-state index contributed by atoms with van der Waals surface area (Å²) < 4.78 is 21.5. The van der Waals surface area contributed by atoms with E-state index in [1.54, 1.807) is 6.26 Å². The standard InChI is InChI=1S/C23H19N3O2S2/c1-30(27)23-25-19-9-7-17(11-22(19)29-23)13-26-15-24-20-12-18(8-10-21(20)26)28-14-16-5-3-2-4-6-16/h2-12,15H,13-14H2,1H3. The van der Waals surface area contributed by atoms with Gasteiger partial charge in [-0.25, -0.2) is 4.98 Å².